The minimum Gasteiger partial charge on any atom is -0.381 e. The molecule has 0 unspecified atom stereocenters. The van der Waals surface area contributed by atoms with Crippen LogP contribution < -0.4 is 5.32 Å². The third kappa shape index (κ3) is 3.36. The van der Waals surface area contributed by atoms with Crippen LogP contribution >= 0.6 is 15.9 Å². The molecule has 0 aliphatic carbocycles. The van der Waals surface area contributed by atoms with Gasteiger partial charge in [0, 0.05) is 28.8 Å². The first-order valence-electron chi connectivity index (χ1n) is 6.21. The van der Waals surface area contributed by atoms with Gasteiger partial charge in [0.25, 0.3) is 5.69 Å². The lowest BCUT2D eigenvalue weighted by Crippen LogP contribution is -2.02. The molecule has 0 fully saturated rings. The number of rotatable bonds is 4. The van der Waals surface area contributed by atoms with Gasteiger partial charge >= 0.3 is 0 Å². The lowest BCUT2D eigenvalue weighted by molar-refractivity contribution is -0.384. The molecule has 20 heavy (non-hydrogen) atoms. The first kappa shape index (κ1) is 14.5. The molecule has 0 atom stereocenters. The monoisotopic (exact) mass is 334 g/mol. The Bertz CT molecular complexity index is 656. The number of aryl methyl sites for hydroxylation is 2. The Morgan fingerprint density at radius 3 is 2.50 bits per heavy atom. The molecule has 0 saturated heterocycles. The van der Waals surface area contributed by atoms with Gasteiger partial charge in [0.15, 0.2) is 0 Å². The van der Waals surface area contributed by atoms with E-state index in [9.17, 15) is 10.1 Å². The highest BCUT2D eigenvalue weighted by Crippen LogP contribution is 2.23. The number of benzene rings is 2. The Morgan fingerprint density at radius 1 is 1.15 bits per heavy atom. The molecule has 4 nitrogen and oxygen atoms in total. The third-order valence-corrected chi connectivity index (χ3v) is 4.01. The number of nitro groups is 1. The van der Waals surface area contributed by atoms with Crippen LogP contribution in [0, 0.1) is 24.0 Å². The largest absolute Gasteiger partial charge is 0.381 e. The fourth-order valence-corrected chi connectivity index (χ4v) is 2.28. The lowest BCUT2D eigenvalue weighted by atomic mass is 10.1. The number of anilines is 1. The third-order valence-electron chi connectivity index (χ3n) is 3.15. The van der Waals surface area contributed by atoms with Crippen molar-refractivity contribution in [1.29, 1.82) is 0 Å². The Kier molecular flexibility index (Phi) is 4.39. The second-order valence-electron chi connectivity index (χ2n) is 4.69. The van der Waals surface area contributed by atoms with Gasteiger partial charge in [0.2, 0.25) is 0 Å². The fourth-order valence-electron chi connectivity index (χ4n) is 1.86. The van der Waals surface area contributed by atoms with Crippen molar-refractivity contribution in [1.82, 2.24) is 0 Å². The van der Waals surface area contributed by atoms with Gasteiger partial charge < -0.3 is 5.32 Å². The van der Waals surface area contributed by atoms with E-state index in [2.05, 4.69) is 27.3 Å². The molecule has 104 valence electrons. The SMILES string of the molecule is Cc1ccc(CNc2cc([N+](=O)[O-])ccc2C)cc1Br. The molecule has 0 saturated carbocycles. The quantitative estimate of drug-likeness (QED) is 0.657. The summed E-state index contributed by atoms with van der Waals surface area (Å²) in [6, 6.07) is 11.0. The zero-order valence-corrected chi connectivity index (χ0v) is 12.9. The second kappa shape index (κ2) is 6.05. The summed E-state index contributed by atoms with van der Waals surface area (Å²) >= 11 is 3.50. The van der Waals surface area contributed by atoms with Crippen molar-refractivity contribution in [2.24, 2.45) is 0 Å². The maximum absolute atomic E-state index is 10.8. The highest BCUT2D eigenvalue weighted by molar-refractivity contribution is 9.10. The van der Waals surface area contributed by atoms with Crippen LogP contribution in [0.2, 0.25) is 0 Å². The molecule has 1 N–H and O–H groups in total. The number of hydrogen-bond donors (Lipinski definition) is 1. The van der Waals surface area contributed by atoms with Crippen LogP contribution in [0.1, 0.15) is 16.7 Å². The zero-order chi connectivity index (χ0) is 14.7. The lowest BCUT2D eigenvalue weighted by Gasteiger charge is -2.10. The van der Waals surface area contributed by atoms with Crippen LogP contribution in [0.25, 0.3) is 0 Å². The van der Waals surface area contributed by atoms with Crippen molar-refractivity contribution >= 4 is 27.3 Å². The molecular weight excluding hydrogens is 320 g/mol. The van der Waals surface area contributed by atoms with E-state index in [0.29, 0.717) is 6.54 Å². The summed E-state index contributed by atoms with van der Waals surface area (Å²) in [7, 11) is 0. The van der Waals surface area contributed by atoms with E-state index >= 15 is 0 Å². The summed E-state index contributed by atoms with van der Waals surface area (Å²) < 4.78 is 1.06. The summed E-state index contributed by atoms with van der Waals surface area (Å²) in [4.78, 5) is 10.4. The summed E-state index contributed by atoms with van der Waals surface area (Å²) in [6.45, 7) is 4.59. The van der Waals surface area contributed by atoms with Gasteiger partial charge in [-0.25, -0.2) is 0 Å². The number of nitrogens with zero attached hydrogens (tertiary/aromatic N) is 1. The highest BCUT2D eigenvalue weighted by atomic mass is 79.9. The summed E-state index contributed by atoms with van der Waals surface area (Å²) in [6.07, 6.45) is 0. The molecule has 5 heteroatoms. The number of hydrogen-bond acceptors (Lipinski definition) is 3. The van der Waals surface area contributed by atoms with Crippen molar-refractivity contribution in [2.45, 2.75) is 20.4 Å². The van der Waals surface area contributed by atoms with Gasteiger partial charge in [-0.1, -0.05) is 34.1 Å². The van der Waals surface area contributed by atoms with Gasteiger partial charge in [-0.3, -0.25) is 10.1 Å². The maximum Gasteiger partial charge on any atom is 0.271 e. The highest BCUT2D eigenvalue weighted by Gasteiger charge is 2.08. The Balaban J connectivity index is 2.15. The van der Waals surface area contributed by atoms with Crippen LogP contribution in [0.15, 0.2) is 40.9 Å². The molecular formula is C15H15BrN2O2. The van der Waals surface area contributed by atoms with E-state index in [1.807, 2.05) is 26.0 Å². The molecule has 2 aromatic rings. The van der Waals surface area contributed by atoms with Gasteiger partial charge in [0.05, 0.1) is 4.92 Å². The number of halogens is 1. The summed E-state index contributed by atoms with van der Waals surface area (Å²) in [5.41, 5.74) is 4.18. The molecule has 0 amide bonds. The molecule has 0 aliphatic rings. The van der Waals surface area contributed by atoms with E-state index in [1.54, 1.807) is 12.1 Å². The van der Waals surface area contributed by atoms with E-state index in [-0.39, 0.29) is 10.6 Å². The van der Waals surface area contributed by atoms with Gasteiger partial charge in [-0.15, -0.1) is 0 Å². The molecule has 0 aromatic heterocycles. The van der Waals surface area contributed by atoms with Crippen LogP contribution in [-0.2, 0) is 6.54 Å². The molecule has 0 aliphatic heterocycles. The summed E-state index contributed by atoms with van der Waals surface area (Å²) in [5.74, 6) is 0. The average molecular weight is 335 g/mol. The van der Waals surface area contributed by atoms with E-state index in [4.69, 9.17) is 0 Å². The molecule has 0 spiro atoms. The predicted octanol–water partition coefficient (Wildman–Crippen LogP) is 4.59. The minimum atomic E-state index is -0.382. The molecule has 0 heterocycles. The van der Waals surface area contributed by atoms with Crippen LogP contribution in [0.4, 0.5) is 11.4 Å². The topological polar surface area (TPSA) is 55.2 Å². The maximum atomic E-state index is 10.8. The smallest absolute Gasteiger partial charge is 0.271 e. The van der Waals surface area contributed by atoms with E-state index < -0.39 is 0 Å². The number of non-ortho nitro benzene ring substituents is 1. The minimum absolute atomic E-state index is 0.100. The van der Waals surface area contributed by atoms with Crippen molar-refractivity contribution in [3.8, 4) is 0 Å². The van der Waals surface area contributed by atoms with Crippen molar-refractivity contribution in [3.63, 3.8) is 0 Å². The molecule has 0 bridgehead atoms. The van der Waals surface area contributed by atoms with Crippen molar-refractivity contribution < 1.29 is 4.92 Å². The zero-order valence-electron chi connectivity index (χ0n) is 11.3. The van der Waals surface area contributed by atoms with Gasteiger partial charge in [-0.2, -0.15) is 0 Å². The number of nitrogens with one attached hydrogen (secondary N) is 1. The van der Waals surface area contributed by atoms with E-state index in [1.165, 1.54) is 11.6 Å². The van der Waals surface area contributed by atoms with Crippen molar-refractivity contribution in [3.05, 3.63) is 67.7 Å². The number of nitro benzene ring substituents is 1. The fraction of sp³-hybridized carbons (Fsp3) is 0.200. The Hall–Kier alpha value is -1.88. The first-order valence-corrected chi connectivity index (χ1v) is 7.00. The van der Waals surface area contributed by atoms with E-state index in [0.717, 1.165) is 21.3 Å². The first-order chi connectivity index (χ1) is 9.47. The molecule has 0 radical (unpaired) electrons. The standard InChI is InChI=1S/C15H15BrN2O2/c1-10-3-5-12(7-14(10)16)9-17-15-8-13(18(19)20)6-4-11(15)2/h3-8,17H,9H2,1-2H3. The predicted molar refractivity (Wildman–Crippen MR) is 84.0 cm³/mol. The average Bonchev–Trinajstić information content (AvgIpc) is 2.41. The normalized spacial score (nSPS) is 10.3. The van der Waals surface area contributed by atoms with Gasteiger partial charge in [-0.05, 0) is 36.6 Å². The Labute approximate surface area is 126 Å². The summed E-state index contributed by atoms with van der Waals surface area (Å²) in [5, 5.41) is 14.0. The second-order valence-corrected chi connectivity index (χ2v) is 5.55. The van der Waals surface area contributed by atoms with Crippen LogP contribution in [0.3, 0.4) is 0 Å². The van der Waals surface area contributed by atoms with Crippen LogP contribution in [0.5, 0.6) is 0 Å². The Morgan fingerprint density at radius 2 is 1.85 bits per heavy atom. The van der Waals surface area contributed by atoms with Crippen molar-refractivity contribution in [2.75, 3.05) is 5.32 Å². The van der Waals surface area contributed by atoms with Crippen LogP contribution in [-0.4, -0.2) is 4.92 Å². The molecule has 2 rings (SSSR count). The molecule has 2 aromatic carbocycles. The van der Waals surface area contributed by atoms with Gasteiger partial charge in [0.1, 0.15) is 0 Å².